The Morgan fingerprint density at radius 3 is 2.67 bits per heavy atom. The van der Waals surface area contributed by atoms with Gasteiger partial charge in [0.05, 0.1) is 18.1 Å². The molecule has 0 aliphatic heterocycles. The molecule has 0 aliphatic rings. The number of ether oxygens (including phenoxy) is 1. The number of amides is 1. The van der Waals surface area contributed by atoms with Gasteiger partial charge in [-0.3, -0.25) is 9.36 Å². The Morgan fingerprint density at radius 2 is 2.00 bits per heavy atom. The molecule has 0 atom stereocenters. The summed E-state index contributed by atoms with van der Waals surface area (Å²) in [6, 6.07) is 7.53. The van der Waals surface area contributed by atoms with Crippen LogP contribution < -0.4 is 10.1 Å². The quantitative estimate of drug-likeness (QED) is 0.779. The van der Waals surface area contributed by atoms with Crippen molar-refractivity contribution >= 4 is 11.6 Å². The molecule has 0 unspecified atom stereocenters. The summed E-state index contributed by atoms with van der Waals surface area (Å²) >= 11 is 0. The van der Waals surface area contributed by atoms with Crippen molar-refractivity contribution < 1.29 is 9.53 Å². The fraction of sp³-hybridized carbons (Fsp3) is 0.176. The van der Waals surface area contributed by atoms with Gasteiger partial charge in [0.25, 0.3) is 5.91 Å². The van der Waals surface area contributed by atoms with Crippen LogP contribution in [0, 0.1) is 13.8 Å². The summed E-state index contributed by atoms with van der Waals surface area (Å²) in [5.41, 5.74) is 1.58. The molecule has 0 aliphatic carbocycles. The fourth-order valence-corrected chi connectivity index (χ4v) is 2.15. The van der Waals surface area contributed by atoms with Crippen LogP contribution in [0.5, 0.6) is 5.75 Å². The molecule has 122 valence electrons. The van der Waals surface area contributed by atoms with Gasteiger partial charge in [-0.15, -0.1) is 0 Å². The second-order valence-corrected chi connectivity index (χ2v) is 5.27. The van der Waals surface area contributed by atoms with Crippen LogP contribution in [-0.2, 0) is 4.79 Å². The van der Waals surface area contributed by atoms with Gasteiger partial charge in [0.2, 0.25) is 5.95 Å². The van der Waals surface area contributed by atoms with E-state index in [1.165, 1.54) is 0 Å². The Balaban J connectivity index is 1.57. The van der Waals surface area contributed by atoms with E-state index in [1.807, 2.05) is 38.1 Å². The molecule has 0 bridgehead atoms. The lowest BCUT2D eigenvalue weighted by atomic mass is 10.2. The van der Waals surface area contributed by atoms with Crippen molar-refractivity contribution in [3.63, 3.8) is 0 Å². The maximum atomic E-state index is 11.9. The molecule has 2 heterocycles. The van der Waals surface area contributed by atoms with E-state index >= 15 is 0 Å². The molecule has 0 spiro atoms. The van der Waals surface area contributed by atoms with Gasteiger partial charge in [0.1, 0.15) is 11.6 Å². The predicted octanol–water partition coefficient (Wildman–Crippen LogP) is 2.30. The summed E-state index contributed by atoms with van der Waals surface area (Å²) in [6.45, 7) is 3.75. The van der Waals surface area contributed by atoms with Crippen LogP contribution in [-0.4, -0.2) is 32.0 Å². The Morgan fingerprint density at radius 1 is 1.21 bits per heavy atom. The Kier molecular flexibility index (Phi) is 4.51. The van der Waals surface area contributed by atoms with Gasteiger partial charge < -0.3 is 10.1 Å². The Bertz CT molecular complexity index is 842. The summed E-state index contributed by atoms with van der Waals surface area (Å²) in [5, 5.41) is 2.70. The Hall–Kier alpha value is -3.22. The molecule has 7 heteroatoms. The predicted molar refractivity (Wildman–Crippen MR) is 89.2 cm³/mol. The molecule has 7 nitrogen and oxygen atoms in total. The third kappa shape index (κ3) is 3.75. The van der Waals surface area contributed by atoms with E-state index in [2.05, 4.69) is 20.3 Å². The zero-order valence-electron chi connectivity index (χ0n) is 13.4. The second kappa shape index (κ2) is 6.91. The highest BCUT2D eigenvalue weighted by Crippen LogP contribution is 2.12. The SMILES string of the molecule is Cc1cccc(OCC(=O)Nc2cnc(-n3ccnc3C)nc2)c1. The van der Waals surface area contributed by atoms with Crippen LogP contribution in [0.3, 0.4) is 0 Å². The molecular weight excluding hydrogens is 306 g/mol. The Labute approximate surface area is 139 Å². The van der Waals surface area contributed by atoms with E-state index in [1.54, 1.807) is 29.4 Å². The number of carbonyl (C=O) groups is 1. The first-order chi connectivity index (χ1) is 11.6. The minimum Gasteiger partial charge on any atom is -0.484 e. The molecular formula is C17H17N5O2. The third-order valence-corrected chi connectivity index (χ3v) is 3.32. The van der Waals surface area contributed by atoms with E-state index in [0.717, 1.165) is 11.4 Å². The molecule has 3 rings (SSSR count). The maximum Gasteiger partial charge on any atom is 0.262 e. The average Bonchev–Trinajstić information content (AvgIpc) is 3.00. The fourth-order valence-electron chi connectivity index (χ4n) is 2.15. The smallest absolute Gasteiger partial charge is 0.262 e. The van der Waals surface area contributed by atoms with Crippen molar-refractivity contribution in [1.29, 1.82) is 0 Å². The number of hydrogen-bond donors (Lipinski definition) is 1. The highest BCUT2D eigenvalue weighted by molar-refractivity contribution is 5.91. The lowest BCUT2D eigenvalue weighted by Gasteiger charge is -2.08. The first-order valence-corrected chi connectivity index (χ1v) is 7.43. The van der Waals surface area contributed by atoms with Gasteiger partial charge >= 0.3 is 0 Å². The van der Waals surface area contributed by atoms with Crippen molar-refractivity contribution in [2.24, 2.45) is 0 Å². The molecule has 1 aromatic carbocycles. The topological polar surface area (TPSA) is 81.9 Å². The number of nitrogens with zero attached hydrogens (tertiary/aromatic N) is 4. The minimum absolute atomic E-state index is 0.0775. The first-order valence-electron chi connectivity index (χ1n) is 7.43. The molecule has 3 aromatic rings. The third-order valence-electron chi connectivity index (χ3n) is 3.32. The molecule has 2 aromatic heterocycles. The molecule has 0 saturated carbocycles. The molecule has 24 heavy (non-hydrogen) atoms. The highest BCUT2D eigenvalue weighted by Gasteiger charge is 2.07. The molecule has 0 fully saturated rings. The van der Waals surface area contributed by atoms with Crippen molar-refractivity contribution in [3.05, 3.63) is 60.4 Å². The molecule has 0 saturated heterocycles. The van der Waals surface area contributed by atoms with Crippen LogP contribution in [0.15, 0.2) is 49.1 Å². The molecule has 1 amide bonds. The first kappa shape index (κ1) is 15.7. The van der Waals surface area contributed by atoms with Gasteiger partial charge in [-0.1, -0.05) is 12.1 Å². The van der Waals surface area contributed by atoms with E-state index in [-0.39, 0.29) is 12.5 Å². The summed E-state index contributed by atoms with van der Waals surface area (Å²) in [5.74, 6) is 1.68. The van der Waals surface area contributed by atoms with E-state index in [9.17, 15) is 4.79 Å². The number of aromatic nitrogens is 4. The molecule has 0 radical (unpaired) electrons. The zero-order chi connectivity index (χ0) is 16.9. The summed E-state index contributed by atoms with van der Waals surface area (Å²) < 4.78 is 7.21. The van der Waals surface area contributed by atoms with Gasteiger partial charge in [0, 0.05) is 12.4 Å². The lowest BCUT2D eigenvalue weighted by molar-refractivity contribution is -0.118. The standard InChI is InChI=1S/C17H17N5O2/c1-12-4-3-5-15(8-12)24-11-16(23)21-14-9-19-17(20-10-14)22-7-6-18-13(22)2/h3-10H,11H2,1-2H3,(H,21,23). The highest BCUT2D eigenvalue weighted by atomic mass is 16.5. The van der Waals surface area contributed by atoms with E-state index in [4.69, 9.17) is 4.74 Å². The van der Waals surface area contributed by atoms with Crippen LogP contribution in [0.25, 0.3) is 5.95 Å². The maximum absolute atomic E-state index is 11.9. The van der Waals surface area contributed by atoms with E-state index < -0.39 is 0 Å². The largest absolute Gasteiger partial charge is 0.484 e. The summed E-state index contributed by atoms with van der Waals surface area (Å²) in [6.07, 6.45) is 6.55. The molecule has 1 N–H and O–H groups in total. The number of imidazole rings is 1. The zero-order valence-corrected chi connectivity index (χ0v) is 13.4. The van der Waals surface area contributed by atoms with Crippen LogP contribution in [0.2, 0.25) is 0 Å². The van der Waals surface area contributed by atoms with Gasteiger partial charge in [0.15, 0.2) is 6.61 Å². The van der Waals surface area contributed by atoms with E-state index in [0.29, 0.717) is 17.4 Å². The van der Waals surface area contributed by atoms with Crippen molar-refractivity contribution in [2.75, 3.05) is 11.9 Å². The monoisotopic (exact) mass is 323 g/mol. The average molecular weight is 323 g/mol. The number of anilines is 1. The van der Waals surface area contributed by atoms with Crippen molar-refractivity contribution in [2.45, 2.75) is 13.8 Å². The van der Waals surface area contributed by atoms with Crippen molar-refractivity contribution in [1.82, 2.24) is 19.5 Å². The number of carbonyl (C=O) groups excluding carboxylic acids is 1. The lowest BCUT2D eigenvalue weighted by Crippen LogP contribution is -2.20. The number of aryl methyl sites for hydroxylation is 2. The van der Waals surface area contributed by atoms with Crippen molar-refractivity contribution in [3.8, 4) is 11.7 Å². The summed E-state index contributed by atoms with van der Waals surface area (Å²) in [7, 11) is 0. The number of rotatable bonds is 5. The van der Waals surface area contributed by atoms with Crippen LogP contribution in [0.1, 0.15) is 11.4 Å². The van der Waals surface area contributed by atoms with Gasteiger partial charge in [-0.2, -0.15) is 0 Å². The minimum atomic E-state index is -0.272. The van der Waals surface area contributed by atoms with Gasteiger partial charge in [-0.05, 0) is 31.5 Å². The van der Waals surface area contributed by atoms with Gasteiger partial charge in [-0.25, -0.2) is 15.0 Å². The number of benzene rings is 1. The van der Waals surface area contributed by atoms with Crippen LogP contribution >= 0.6 is 0 Å². The number of hydrogen-bond acceptors (Lipinski definition) is 5. The summed E-state index contributed by atoms with van der Waals surface area (Å²) in [4.78, 5) is 24.5. The second-order valence-electron chi connectivity index (χ2n) is 5.27. The number of nitrogens with one attached hydrogen (secondary N) is 1. The normalized spacial score (nSPS) is 10.4. The van der Waals surface area contributed by atoms with Crippen LogP contribution in [0.4, 0.5) is 5.69 Å².